The molecule has 0 aliphatic heterocycles. The van der Waals surface area contributed by atoms with Gasteiger partial charge in [-0.1, -0.05) is 48.0 Å². The number of aromatic nitrogens is 2. The van der Waals surface area contributed by atoms with Crippen LogP contribution in [-0.4, -0.2) is 14.9 Å². The summed E-state index contributed by atoms with van der Waals surface area (Å²) in [4.78, 5) is 0. The van der Waals surface area contributed by atoms with Crippen LogP contribution in [0, 0.1) is 6.92 Å². The smallest absolute Gasteiger partial charge is 0.128 e. The maximum atomic E-state index is 10.7. The predicted molar refractivity (Wildman–Crippen MR) is 116 cm³/mol. The largest absolute Gasteiger partial charge is 0.507 e. The highest BCUT2D eigenvalue weighted by Crippen LogP contribution is 2.38. The van der Waals surface area contributed by atoms with E-state index in [0.29, 0.717) is 22.9 Å². The second kappa shape index (κ2) is 8.02. The lowest BCUT2D eigenvalue weighted by molar-refractivity contribution is 0.304. The average Bonchev–Trinajstić information content (AvgIpc) is 3.09. The SMILES string of the molecule is Cc1ccccc1-c1cn(C)nc1-c1ccc(OCc2ccc(Cl)cc2)cc1O. The van der Waals surface area contributed by atoms with Crippen molar-refractivity contribution in [1.29, 1.82) is 0 Å². The Kier molecular flexibility index (Phi) is 5.28. The lowest BCUT2D eigenvalue weighted by Gasteiger charge is -2.10. The first kappa shape index (κ1) is 19.1. The molecule has 146 valence electrons. The van der Waals surface area contributed by atoms with Gasteiger partial charge in [0.2, 0.25) is 0 Å². The first-order chi connectivity index (χ1) is 14.0. The number of hydrogen-bond donors (Lipinski definition) is 1. The number of rotatable bonds is 5. The Morgan fingerprint density at radius 1 is 0.966 bits per heavy atom. The van der Waals surface area contributed by atoms with E-state index in [9.17, 15) is 5.11 Å². The maximum absolute atomic E-state index is 10.7. The van der Waals surface area contributed by atoms with E-state index in [-0.39, 0.29) is 5.75 Å². The monoisotopic (exact) mass is 404 g/mol. The molecule has 1 heterocycles. The Morgan fingerprint density at radius 3 is 2.45 bits per heavy atom. The number of benzene rings is 3. The molecule has 4 nitrogen and oxygen atoms in total. The van der Waals surface area contributed by atoms with E-state index in [1.807, 2.05) is 61.8 Å². The zero-order valence-electron chi connectivity index (χ0n) is 16.3. The number of hydrogen-bond acceptors (Lipinski definition) is 3. The minimum absolute atomic E-state index is 0.132. The fourth-order valence-electron chi connectivity index (χ4n) is 3.31. The Morgan fingerprint density at radius 2 is 1.72 bits per heavy atom. The highest BCUT2D eigenvalue weighted by molar-refractivity contribution is 6.30. The summed E-state index contributed by atoms with van der Waals surface area (Å²) >= 11 is 5.91. The summed E-state index contributed by atoms with van der Waals surface area (Å²) in [5.41, 5.74) is 5.65. The van der Waals surface area contributed by atoms with E-state index >= 15 is 0 Å². The number of aryl methyl sites for hydroxylation is 2. The molecule has 0 saturated carbocycles. The average molecular weight is 405 g/mol. The van der Waals surface area contributed by atoms with Crippen LogP contribution in [0.2, 0.25) is 5.02 Å². The third-order valence-electron chi connectivity index (χ3n) is 4.81. The summed E-state index contributed by atoms with van der Waals surface area (Å²) < 4.78 is 7.58. The van der Waals surface area contributed by atoms with Crippen LogP contribution < -0.4 is 4.74 Å². The summed E-state index contributed by atoms with van der Waals surface area (Å²) in [5, 5.41) is 16.0. The highest BCUT2D eigenvalue weighted by Gasteiger charge is 2.17. The molecular weight excluding hydrogens is 384 g/mol. The van der Waals surface area contributed by atoms with Gasteiger partial charge in [0.25, 0.3) is 0 Å². The van der Waals surface area contributed by atoms with Crippen LogP contribution in [-0.2, 0) is 13.7 Å². The van der Waals surface area contributed by atoms with Crippen molar-refractivity contribution in [1.82, 2.24) is 9.78 Å². The quantitative estimate of drug-likeness (QED) is 0.443. The minimum Gasteiger partial charge on any atom is -0.507 e. The van der Waals surface area contributed by atoms with Crippen molar-refractivity contribution in [2.24, 2.45) is 7.05 Å². The van der Waals surface area contributed by atoms with E-state index in [2.05, 4.69) is 24.2 Å². The fraction of sp³-hybridized carbons (Fsp3) is 0.125. The molecule has 4 rings (SSSR count). The molecule has 3 aromatic carbocycles. The molecule has 0 aliphatic carbocycles. The Labute approximate surface area is 175 Å². The molecule has 0 aliphatic rings. The van der Waals surface area contributed by atoms with E-state index in [1.165, 1.54) is 0 Å². The van der Waals surface area contributed by atoms with E-state index in [1.54, 1.807) is 10.7 Å². The van der Waals surface area contributed by atoms with Crippen molar-refractivity contribution in [3.05, 3.63) is 89.1 Å². The molecule has 0 radical (unpaired) electrons. The van der Waals surface area contributed by atoms with Crippen molar-refractivity contribution in [2.45, 2.75) is 13.5 Å². The second-order valence-corrected chi connectivity index (χ2v) is 7.41. The lowest BCUT2D eigenvalue weighted by Crippen LogP contribution is -1.95. The van der Waals surface area contributed by atoms with Crippen LogP contribution >= 0.6 is 11.6 Å². The van der Waals surface area contributed by atoms with Gasteiger partial charge in [0.15, 0.2) is 0 Å². The molecule has 0 amide bonds. The van der Waals surface area contributed by atoms with Gasteiger partial charge in [0.05, 0.1) is 0 Å². The molecular formula is C24H21ClN2O2. The van der Waals surface area contributed by atoms with Crippen molar-refractivity contribution in [3.8, 4) is 33.9 Å². The first-order valence-corrected chi connectivity index (χ1v) is 9.69. The molecule has 0 unspecified atom stereocenters. The van der Waals surface area contributed by atoms with Gasteiger partial charge in [-0.2, -0.15) is 5.10 Å². The predicted octanol–water partition coefficient (Wildman–Crippen LogP) is 6.00. The number of halogens is 1. The molecule has 1 aromatic heterocycles. The molecule has 4 aromatic rings. The van der Waals surface area contributed by atoms with Gasteiger partial charge in [-0.05, 0) is 47.9 Å². The van der Waals surface area contributed by atoms with Crippen LogP contribution in [0.5, 0.6) is 11.5 Å². The van der Waals surface area contributed by atoms with Crippen molar-refractivity contribution in [2.75, 3.05) is 0 Å². The maximum Gasteiger partial charge on any atom is 0.128 e. The number of aromatic hydroxyl groups is 1. The Balaban J connectivity index is 1.62. The van der Waals surface area contributed by atoms with E-state index in [4.69, 9.17) is 16.3 Å². The van der Waals surface area contributed by atoms with E-state index < -0.39 is 0 Å². The molecule has 1 N–H and O–H groups in total. The molecule has 0 atom stereocenters. The van der Waals surface area contributed by atoms with Crippen molar-refractivity contribution >= 4 is 11.6 Å². The minimum atomic E-state index is 0.132. The van der Waals surface area contributed by atoms with E-state index in [0.717, 1.165) is 27.9 Å². The topological polar surface area (TPSA) is 47.3 Å². The molecule has 0 spiro atoms. The number of nitrogens with zero attached hydrogens (tertiary/aromatic N) is 2. The normalized spacial score (nSPS) is 10.9. The standard InChI is InChI=1S/C24H21ClN2O2/c1-16-5-3-4-6-20(16)22-14-27(2)26-24(22)21-12-11-19(13-23(21)28)29-15-17-7-9-18(25)10-8-17/h3-14,28H,15H2,1-2H3. The Bertz CT molecular complexity index is 1150. The number of phenolic OH excluding ortho intramolecular Hbond substituents is 1. The van der Waals surface area contributed by atoms with Crippen LogP contribution in [0.4, 0.5) is 0 Å². The number of phenols is 1. The Hall–Kier alpha value is -3.24. The van der Waals surface area contributed by atoms with Gasteiger partial charge in [-0.15, -0.1) is 0 Å². The summed E-state index contributed by atoms with van der Waals surface area (Å²) in [5.74, 6) is 0.724. The van der Waals surface area contributed by atoms with Crippen molar-refractivity contribution < 1.29 is 9.84 Å². The van der Waals surface area contributed by atoms with Crippen LogP contribution in [0.15, 0.2) is 72.9 Å². The second-order valence-electron chi connectivity index (χ2n) is 6.97. The summed E-state index contributed by atoms with van der Waals surface area (Å²) in [6, 6.07) is 21.0. The zero-order chi connectivity index (χ0) is 20.4. The van der Waals surface area contributed by atoms with Gasteiger partial charge in [0, 0.05) is 35.5 Å². The third kappa shape index (κ3) is 4.13. The lowest BCUT2D eigenvalue weighted by atomic mass is 9.98. The van der Waals surface area contributed by atoms with Crippen LogP contribution in [0.1, 0.15) is 11.1 Å². The molecule has 29 heavy (non-hydrogen) atoms. The zero-order valence-corrected chi connectivity index (χ0v) is 17.0. The van der Waals surface area contributed by atoms with Crippen LogP contribution in [0.25, 0.3) is 22.4 Å². The van der Waals surface area contributed by atoms with Gasteiger partial charge < -0.3 is 9.84 Å². The molecule has 0 bridgehead atoms. The molecule has 5 heteroatoms. The van der Waals surface area contributed by atoms with Gasteiger partial charge in [-0.3, -0.25) is 4.68 Å². The van der Waals surface area contributed by atoms with Crippen molar-refractivity contribution in [3.63, 3.8) is 0 Å². The summed E-state index contributed by atoms with van der Waals surface area (Å²) in [6.07, 6.45) is 1.97. The van der Waals surface area contributed by atoms with Gasteiger partial charge in [-0.25, -0.2) is 0 Å². The van der Waals surface area contributed by atoms with Gasteiger partial charge in [0.1, 0.15) is 23.8 Å². The summed E-state index contributed by atoms with van der Waals surface area (Å²) in [6.45, 7) is 2.47. The van der Waals surface area contributed by atoms with Crippen LogP contribution in [0.3, 0.4) is 0 Å². The van der Waals surface area contributed by atoms with Gasteiger partial charge >= 0.3 is 0 Å². The third-order valence-corrected chi connectivity index (χ3v) is 5.06. The number of ether oxygens (including phenoxy) is 1. The molecule has 0 saturated heterocycles. The fourth-order valence-corrected chi connectivity index (χ4v) is 3.43. The highest BCUT2D eigenvalue weighted by atomic mass is 35.5. The first-order valence-electron chi connectivity index (χ1n) is 9.31. The molecule has 0 fully saturated rings. The summed E-state index contributed by atoms with van der Waals surface area (Å²) in [7, 11) is 1.88.